The molecular formula is C12H15ClFNOS. The molecule has 1 atom stereocenters. The summed E-state index contributed by atoms with van der Waals surface area (Å²) >= 11 is 4.27. The number of hydrogen-bond acceptors (Lipinski definition) is 2. The molecule has 1 aromatic rings. The fraction of sp³-hybridized carbons (Fsp3) is 0.417. The summed E-state index contributed by atoms with van der Waals surface area (Å²) in [6, 6.07) is 4.67. The lowest BCUT2D eigenvalue weighted by molar-refractivity contribution is 0.561. The van der Waals surface area contributed by atoms with Gasteiger partial charge in [0.25, 0.3) is 0 Å². The normalized spacial score (nSPS) is 14.9. The molecule has 0 saturated heterocycles. The molecule has 0 saturated carbocycles. The monoisotopic (exact) mass is 275 g/mol. The quantitative estimate of drug-likeness (QED) is 0.598. The van der Waals surface area contributed by atoms with E-state index < -0.39 is 21.9 Å². The summed E-state index contributed by atoms with van der Waals surface area (Å²) in [5, 5.41) is 0.0404. The zero-order chi connectivity index (χ0) is 13.2. The van der Waals surface area contributed by atoms with Crippen LogP contribution in [0.3, 0.4) is 0 Å². The lowest BCUT2D eigenvalue weighted by Crippen LogP contribution is -2.26. The van der Waals surface area contributed by atoms with Crippen LogP contribution in [0.2, 0.25) is 5.02 Å². The van der Waals surface area contributed by atoms with E-state index in [1.54, 1.807) is 19.1 Å². The first kappa shape index (κ1) is 14.5. The van der Waals surface area contributed by atoms with Gasteiger partial charge in [-0.2, -0.15) is 0 Å². The van der Waals surface area contributed by atoms with Gasteiger partial charge in [0.1, 0.15) is 16.1 Å². The maximum atomic E-state index is 13.7. The molecule has 17 heavy (non-hydrogen) atoms. The minimum absolute atomic E-state index is 0.0404. The van der Waals surface area contributed by atoms with Gasteiger partial charge in [-0.3, -0.25) is 0 Å². The standard InChI is InChI=1S/C12H15ClFNOS/c1-8(15-17(16)12(2,3)4)9-6-5-7-10(13)11(9)14/h5-7H,1-4H3/b15-8+/t17-/m1/s1. The fourth-order valence-electron chi connectivity index (χ4n) is 1.09. The van der Waals surface area contributed by atoms with Crippen LogP contribution in [-0.4, -0.2) is 15.0 Å². The molecule has 2 nitrogen and oxygen atoms in total. The van der Waals surface area contributed by atoms with E-state index in [4.69, 9.17) is 11.6 Å². The Balaban J connectivity index is 3.09. The summed E-state index contributed by atoms with van der Waals surface area (Å²) in [6.07, 6.45) is 0. The molecule has 0 bridgehead atoms. The molecule has 0 N–H and O–H groups in total. The van der Waals surface area contributed by atoms with Crippen LogP contribution >= 0.6 is 11.6 Å². The van der Waals surface area contributed by atoms with Crippen molar-refractivity contribution >= 4 is 28.7 Å². The maximum Gasteiger partial charge on any atom is 0.150 e. The lowest BCUT2D eigenvalue weighted by atomic mass is 10.1. The third-order valence-electron chi connectivity index (χ3n) is 2.09. The Morgan fingerprint density at radius 2 is 2.00 bits per heavy atom. The van der Waals surface area contributed by atoms with Crippen LogP contribution in [0.15, 0.2) is 22.6 Å². The van der Waals surface area contributed by atoms with Gasteiger partial charge in [0.05, 0.1) is 10.7 Å². The van der Waals surface area contributed by atoms with Crippen molar-refractivity contribution in [1.82, 2.24) is 0 Å². The zero-order valence-electron chi connectivity index (χ0n) is 10.3. The molecule has 0 aliphatic carbocycles. The van der Waals surface area contributed by atoms with Crippen LogP contribution in [0.25, 0.3) is 0 Å². The van der Waals surface area contributed by atoms with Gasteiger partial charge < -0.3 is 4.55 Å². The SMILES string of the molecule is C/C(=N\[S@+]([O-])C(C)(C)C)c1cccc(Cl)c1F. The Bertz CT molecular complexity index is 443. The first-order valence-corrected chi connectivity index (χ1v) is 6.63. The van der Waals surface area contributed by atoms with Crippen LogP contribution in [0.1, 0.15) is 33.3 Å². The van der Waals surface area contributed by atoms with E-state index in [9.17, 15) is 8.94 Å². The maximum absolute atomic E-state index is 13.7. The van der Waals surface area contributed by atoms with Crippen molar-refractivity contribution in [3.8, 4) is 0 Å². The minimum Gasteiger partial charge on any atom is -0.591 e. The molecule has 0 spiro atoms. The molecule has 94 valence electrons. The molecular weight excluding hydrogens is 261 g/mol. The van der Waals surface area contributed by atoms with Crippen molar-refractivity contribution in [3.63, 3.8) is 0 Å². The number of hydrogen-bond donors (Lipinski definition) is 0. The number of halogens is 2. The molecule has 0 aliphatic heterocycles. The minimum atomic E-state index is -1.40. The first-order valence-electron chi connectivity index (χ1n) is 5.15. The molecule has 5 heteroatoms. The van der Waals surface area contributed by atoms with E-state index in [1.807, 2.05) is 20.8 Å². The van der Waals surface area contributed by atoms with E-state index in [1.165, 1.54) is 6.07 Å². The van der Waals surface area contributed by atoms with E-state index in [2.05, 4.69) is 4.40 Å². The highest BCUT2D eigenvalue weighted by Crippen LogP contribution is 2.21. The average molecular weight is 276 g/mol. The van der Waals surface area contributed by atoms with Gasteiger partial charge >= 0.3 is 0 Å². The zero-order valence-corrected chi connectivity index (χ0v) is 11.8. The highest BCUT2D eigenvalue weighted by atomic mass is 35.5. The molecule has 0 fully saturated rings. The van der Waals surface area contributed by atoms with Crippen molar-refractivity contribution in [1.29, 1.82) is 0 Å². The average Bonchev–Trinajstić information content (AvgIpc) is 2.20. The van der Waals surface area contributed by atoms with Crippen molar-refractivity contribution in [2.45, 2.75) is 32.4 Å². The van der Waals surface area contributed by atoms with Gasteiger partial charge in [0.15, 0.2) is 5.82 Å². The van der Waals surface area contributed by atoms with Crippen molar-refractivity contribution in [2.75, 3.05) is 0 Å². The van der Waals surface area contributed by atoms with Crippen LogP contribution in [0.4, 0.5) is 4.39 Å². The predicted octanol–water partition coefficient (Wildman–Crippen LogP) is 3.75. The lowest BCUT2D eigenvalue weighted by Gasteiger charge is -2.18. The van der Waals surface area contributed by atoms with Gasteiger partial charge in [-0.1, -0.05) is 22.1 Å². The highest BCUT2D eigenvalue weighted by molar-refractivity contribution is 7.91. The Morgan fingerprint density at radius 1 is 1.41 bits per heavy atom. The molecule has 1 aromatic carbocycles. The first-order chi connectivity index (χ1) is 7.73. The van der Waals surface area contributed by atoms with Crippen molar-refractivity contribution in [3.05, 3.63) is 34.6 Å². The topological polar surface area (TPSA) is 35.4 Å². The number of benzene rings is 1. The van der Waals surface area contributed by atoms with Gasteiger partial charge in [-0.15, -0.1) is 0 Å². The molecule has 0 aromatic heterocycles. The molecule has 1 rings (SSSR count). The molecule has 0 amide bonds. The van der Waals surface area contributed by atoms with Gasteiger partial charge in [0.2, 0.25) is 0 Å². The summed E-state index contributed by atoms with van der Waals surface area (Å²) in [6.45, 7) is 7.06. The highest BCUT2D eigenvalue weighted by Gasteiger charge is 2.27. The Kier molecular flexibility index (Phi) is 4.58. The van der Waals surface area contributed by atoms with Crippen molar-refractivity contribution < 1.29 is 8.94 Å². The summed E-state index contributed by atoms with van der Waals surface area (Å²) < 4.78 is 29.0. The molecule has 0 radical (unpaired) electrons. The van der Waals surface area contributed by atoms with Gasteiger partial charge in [-0.05, 0) is 39.8 Å². The third-order valence-corrected chi connectivity index (χ3v) is 3.86. The van der Waals surface area contributed by atoms with E-state index >= 15 is 0 Å². The second-order valence-electron chi connectivity index (χ2n) is 4.64. The van der Waals surface area contributed by atoms with Crippen LogP contribution in [-0.2, 0) is 11.4 Å². The summed E-state index contributed by atoms with van der Waals surface area (Å²) in [5.41, 5.74) is 0.674. The van der Waals surface area contributed by atoms with Crippen LogP contribution in [0, 0.1) is 5.82 Å². The summed E-state index contributed by atoms with van der Waals surface area (Å²) in [4.78, 5) is 0. The predicted molar refractivity (Wildman–Crippen MR) is 71.5 cm³/mol. The van der Waals surface area contributed by atoms with Crippen LogP contribution in [0.5, 0.6) is 0 Å². The Labute approximate surface area is 109 Å². The largest absolute Gasteiger partial charge is 0.591 e. The van der Waals surface area contributed by atoms with Crippen molar-refractivity contribution in [2.24, 2.45) is 4.40 Å². The summed E-state index contributed by atoms with van der Waals surface area (Å²) in [7, 11) is 0. The molecule has 0 aliphatic rings. The second kappa shape index (κ2) is 5.38. The van der Waals surface area contributed by atoms with E-state index in [0.717, 1.165) is 0 Å². The Morgan fingerprint density at radius 3 is 2.53 bits per heavy atom. The Hall–Kier alpha value is -0.580. The van der Waals surface area contributed by atoms with Gasteiger partial charge in [-0.25, -0.2) is 4.39 Å². The molecule has 0 heterocycles. The number of nitrogens with zero attached hydrogens (tertiary/aromatic N) is 1. The molecule has 0 unspecified atom stereocenters. The number of rotatable bonds is 2. The van der Waals surface area contributed by atoms with E-state index in [0.29, 0.717) is 5.71 Å². The smallest absolute Gasteiger partial charge is 0.150 e. The third kappa shape index (κ3) is 3.69. The van der Waals surface area contributed by atoms with Crippen LogP contribution < -0.4 is 0 Å². The summed E-state index contributed by atoms with van der Waals surface area (Å²) in [5.74, 6) is -0.527. The fourth-order valence-corrected chi connectivity index (χ4v) is 1.89. The van der Waals surface area contributed by atoms with E-state index in [-0.39, 0.29) is 10.6 Å². The van der Waals surface area contributed by atoms with Gasteiger partial charge in [0, 0.05) is 5.56 Å². The second-order valence-corrected chi connectivity index (χ2v) is 6.95.